The third-order valence-corrected chi connectivity index (χ3v) is 7.79. The number of methoxy groups -OCH3 is 2. The van der Waals surface area contributed by atoms with E-state index in [1.165, 1.54) is 18.5 Å². The summed E-state index contributed by atoms with van der Waals surface area (Å²) in [5.74, 6) is 2.95. The van der Waals surface area contributed by atoms with Crippen molar-refractivity contribution in [2.75, 3.05) is 52.0 Å². The summed E-state index contributed by atoms with van der Waals surface area (Å²) < 4.78 is 19.5. The first-order valence-electron chi connectivity index (χ1n) is 13.9. The molecule has 37 heavy (non-hydrogen) atoms. The van der Waals surface area contributed by atoms with Crippen molar-refractivity contribution in [1.29, 1.82) is 0 Å². The lowest BCUT2D eigenvalue weighted by molar-refractivity contribution is 0.0682. The topological polar surface area (TPSA) is 68.5 Å². The highest BCUT2D eigenvalue weighted by Gasteiger charge is 2.30. The fourth-order valence-corrected chi connectivity index (χ4v) is 5.63. The molecular formula is C30H41N3O4. The predicted molar refractivity (Wildman–Crippen MR) is 147 cm³/mol. The van der Waals surface area contributed by atoms with Gasteiger partial charge >= 0.3 is 0 Å². The Morgan fingerprint density at radius 2 is 1.70 bits per heavy atom. The van der Waals surface area contributed by atoms with Crippen LogP contribution in [0.25, 0.3) is 16.8 Å². The molecule has 1 aliphatic carbocycles. The summed E-state index contributed by atoms with van der Waals surface area (Å²) in [7, 11) is 3.40. The van der Waals surface area contributed by atoms with Gasteiger partial charge in [-0.25, -0.2) is 4.52 Å². The highest BCUT2D eigenvalue weighted by atomic mass is 16.5. The highest BCUT2D eigenvalue weighted by molar-refractivity contribution is 5.82. The molecule has 3 heterocycles. The molecule has 200 valence electrons. The Hall–Kier alpha value is -2.77. The zero-order valence-electron chi connectivity index (χ0n) is 22.5. The number of hydrogen-bond acceptors (Lipinski definition) is 6. The lowest BCUT2D eigenvalue weighted by Gasteiger charge is -2.31. The molecule has 1 saturated carbocycles. The van der Waals surface area contributed by atoms with Crippen LogP contribution >= 0.6 is 0 Å². The Balaban J connectivity index is 1.61. The van der Waals surface area contributed by atoms with E-state index in [0.29, 0.717) is 12.3 Å². The monoisotopic (exact) mass is 507 g/mol. The fourth-order valence-electron chi connectivity index (χ4n) is 5.63. The van der Waals surface area contributed by atoms with E-state index in [2.05, 4.69) is 46.7 Å². The number of ether oxygens (including phenoxy) is 3. The Morgan fingerprint density at radius 3 is 2.30 bits per heavy atom. The van der Waals surface area contributed by atoms with Crippen LogP contribution in [0.1, 0.15) is 50.3 Å². The number of pyridine rings is 1. The smallest absolute Gasteiger partial charge is 0.132 e. The Kier molecular flexibility index (Phi) is 8.20. The molecule has 7 heteroatoms. The van der Waals surface area contributed by atoms with Gasteiger partial charge < -0.3 is 24.2 Å². The molecule has 1 N–H and O–H groups in total. The maximum Gasteiger partial charge on any atom is 0.132 e. The summed E-state index contributed by atoms with van der Waals surface area (Å²) in [6.07, 6.45) is 7.25. The largest absolute Gasteiger partial charge is 0.496 e. The van der Waals surface area contributed by atoms with E-state index in [0.717, 1.165) is 97.4 Å². The number of aryl methyl sites for hydroxylation is 2. The number of aromatic nitrogens is 2. The van der Waals surface area contributed by atoms with Gasteiger partial charge in [-0.2, -0.15) is 5.10 Å². The molecule has 1 aliphatic heterocycles. The summed E-state index contributed by atoms with van der Waals surface area (Å²) in [6.45, 7) is 6.26. The summed E-state index contributed by atoms with van der Waals surface area (Å²) in [6, 6.07) is 10.5. The maximum absolute atomic E-state index is 9.31. The first-order valence-corrected chi connectivity index (χ1v) is 13.9. The van der Waals surface area contributed by atoms with E-state index in [4.69, 9.17) is 19.3 Å². The molecule has 3 aromatic rings. The average Bonchev–Trinajstić information content (AvgIpc) is 3.67. The lowest BCUT2D eigenvalue weighted by atomic mass is 9.99. The van der Waals surface area contributed by atoms with Crippen LogP contribution in [0.5, 0.6) is 11.5 Å². The van der Waals surface area contributed by atoms with Gasteiger partial charge in [0.15, 0.2) is 0 Å². The van der Waals surface area contributed by atoms with Crippen molar-refractivity contribution in [3.63, 3.8) is 0 Å². The van der Waals surface area contributed by atoms with Gasteiger partial charge in [0.25, 0.3) is 0 Å². The summed E-state index contributed by atoms with van der Waals surface area (Å²) in [5, 5.41) is 14.5. The molecule has 2 aromatic heterocycles. The van der Waals surface area contributed by atoms with Crippen LogP contribution in [0.3, 0.4) is 0 Å². The van der Waals surface area contributed by atoms with Gasteiger partial charge in [-0.05, 0) is 86.6 Å². The summed E-state index contributed by atoms with van der Waals surface area (Å²) in [4.78, 5) is 2.63. The zero-order valence-corrected chi connectivity index (χ0v) is 22.5. The Morgan fingerprint density at radius 1 is 1.03 bits per heavy atom. The van der Waals surface area contributed by atoms with Gasteiger partial charge in [-0.1, -0.05) is 13.0 Å². The molecule has 0 amide bonds. The first kappa shape index (κ1) is 25.9. The number of hydrogen-bond donors (Lipinski definition) is 1. The average molecular weight is 508 g/mol. The third kappa shape index (κ3) is 5.58. The molecule has 2 aliphatic rings. The number of benzene rings is 1. The normalized spacial score (nSPS) is 16.3. The van der Waals surface area contributed by atoms with E-state index in [-0.39, 0.29) is 6.61 Å². The number of rotatable bonds is 12. The van der Waals surface area contributed by atoms with E-state index >= 15 is 0 Å². The lowest BCUT2D eigenvalue weighted by Crippen LogP contribution is -2.34. The minimum Gasteiger partial charge on any atom is -0.496 e. The zero-order chi connectivity index (χ0) is 25.8. The van der Waals surface area contributed by atoms with Crippen molar-refractivity contribution >= 4 is 11.2 Å². The second-order valence-electron chi connectivity index (χ2n) is 10.5. The van der Waals surface area contributed by atoms with Crippen LogP contribution in [0.15, 0.2) is 30.3 Å². The van der Waals surface area contributed by atoms with Crippen LogP contribution in [0.2, 0.25) is 0 Å². The highest BCUT2D eigenvalue weighted by Crippen LogP contribution is 2.42. The number of anilines is 1. The van der Waals surface area contributed by atoms with Crippen molar-refractivity contribution in [2.45, 2.75) is 51.9 Å². The molecular weight excluding hydrogens is 466 g/mol. The molecule has 0 spiro atoms. The number of aliphatic hydroxyl groups excluding tert-OH is 1. The molecule has 0 bridgehead atoms. The SMILES string of the molecule is CCc1nn2c(-c3c(OC)cc(CCCO)cc3OC)cccc2c1N(CC1CCOCC1)CC1CC1. The Labute approximate surface area is 220 Å². The van der Waals surface area contributed by atoms with Crippen molar-refractivity contribution in [3.8, 4) is 22.8 Å². The first-order chi connectivity index (χ1) is 18.2. The molecule has 1 saturated heterocycles. The van der Waals surface area contributed by atoms with Crippen molar-refractivity contribution in [3.05, 3.63) is 41.6 Å². The number of nitrogens with zero attached hydrogens (tertiary/aromatic N) is 3. The number of fused-ring (bicyclic) bond motifs is 1. The van der Waals surface area contributed by atoms with Crippen LogP contribution in [0, 0.1) is 11.8 Å². The van der Waals surface area contributed by atoms with E-state index in [1.54, 1.807) is 14.2 Å². The second kappa shape index (κ2) is 11.7. The van der Waals surface area contributed by atoms with Gasteiger partial charge in [-0.3, -0.25) is 0 Å². The standard InChI is InChI=1S/C30H41N3O4/c1-4-24-30(32(19-21-10-11-21)20-22-12-15-37-16-13-22)26-9-5-8-25(33(26)31-24)29-27(35-2)17-23(7-6-14-34)18-28(29)36-3/h5,8-9,17-18,21-22,34H,4,6-7,10-16,19-20H2,1-3H3. The van der Waals surface area contributed by atoms with Gasteiger partial charge in [0.1, 0.15) is 11.5 Å². The molecule has 7 nitrogen and oxygen atoms in total. The minimum absolute atomic E-state index is 0.160. The van der Waals surface area contributed by atoms with E-state index < -0.39 is 0 Å². The van der Waals surface area contributed by atoms with Crippen LogP contribution in [-0.2, 0) is 17.6 Å². The maximum atomic E-state index is 9.31. The third-order valence-electron chi connectivity index (χ3n) is 7.79. The van der Waals surface area contributed by atoms with Gasteiger partial charge in [0.05, 0.1) is 42.4 Å². The van der Waals surface area contributed by atoms with Crippen molar-refractivity contribution in [2.24, 2.45) is 11.8 Å². The van der Waals surface area contributed by atoms with E-state index in [9.17, 15) is 5.11 Å². The number of aliphatic hydroxyl groups is 1. The van der Waals surface area contributed by atoms with Crippen LogP contribution < -0.4 is 14.4 Å². The van der Waals surface area contributed by atoms with Gasteiger partial charge in [-0.15, -0.1) is 0 Å². The fraction of sp³-hybridized carbons (Fsp3) is 0.567. The van der Waals surface area contributed by atoms with E-state index in [1.807, 2.05) is 0 Å². The van der Waals surface area contributed by atoms with Crippen molar-refractivity contribution in [1.82, 2.24) is 9.61 Å². The quantitative estimate of drug-likeness (QED) is 0.366. The Bertz CT molecular complexity index is 1170. The van der Waals surface area contributed by atoms with Crippen molar-refractivity contribution < 1.29 is 19.3 Å². The molecule has 0 atom stereocenters. The second-order valence-corrected chi connectivity index (χ2v) is 10.5. The van der Waals surface area contributed by atoms with Gasteiger partial charge in [0, 0.05) is 32.9 Å². The van der Waals surface area contributed by atoms with Crippen LogP contribution in [0.4, 0.5) is 5.69 Å². The predicted octanol–water partition coefficient (Wildman–Crippen LogP) is 5.15. The molecule has 2 fully saturated rings. The molecule has 5 rings (SSSR count). The summed E-state index contributed by atoms with van der Waals surface area (Å²) in [5.41, 5.74) is 6.49. The van der Waals surface area contributed by atoms with Crippen LogP contribution in [-0.4, -0.2) is 61.9 Å². The summed E-state index contributed by atoms with van der Waals surface area (Å²) >= 11 is 0. The van der Waals surface area contributed by atoms with Gasteiger partial charge in [0.2, 0.25) is 0 Å². The minimum atomic E-state index is 0.160. The molecule has 0 unspecified atom stereocenters. The molecule has 1 aromatic carbocycles. The molecule has 0 radical (unpaired) electrons.